The van der Waals surface area contributed by atoms with Gasteiger partial charge >= 0.3 is 0 Å². The summed E-state index contributed by atoms with van der Waals surface area (Å²) in [5, 5.41) is 3.07. The summed E-state index contributed by atoms with van der Waals surface area (Å²) in [6.45, 7) is 3.62. The van der Waals surface area contributed by atoms with Crippen molar-refractivity contribution in [2.75, 3.05) is 26.1 Å². The van der Waals surface area contributed by atoms with Gasteiger partial charge in [0.15, 0.2) is 12.4 Å². The van der Waals surface area contributed by atoms with Gasteiger partial charge in [-0.15, -0.1) is 0 Å². The number of aromatic nitrogens is 2. The molecule has 1 amide bonds. The Morgan fingerprint density at radius 2 is 1.70 bits per heavy atom. The molecule has 7 nitrogen and oxygen atoms in total. The summed E-state index contributed by atoms with van der Waals surface area (Å²) in [5.41, 5.74) is 3.17. The molecule has 0 spiro atoms. The summed E-state index contributed by atoms with van der Waals surface area (Å²) in [6.07, 6.45) is 0. The molecule has 30 heavy (non-hydrogen) atoms. The minimum atomic E-state index is -0.386. The van der Waals surface area contributed by atoms with Crippen LogP contribution in [0, 0.1) is 13.8 Å². The van der Waals surface area contributed by atoms with Crippen LogP contribution in [0.3, 0.4) is 0 Å². The highest BCUT2D eigenvalue weighted by atomic mass is 35.5. The Bertz CT molecular complexity index is 1050. The number of benzene rings is 2. The molecule has 2 aromatic carbocycles. The number of hydrogen-bond acceptors (Lipinski definition) is 6. The average molecular weight is 428 g/mol. The Balaban J connectivity index is 1.71. The van der Waals surface area contributed by atoms with Crippen molar-refractivity contribution < 1.29 is 19.0 Å². The smallest absolute Gasteiger partial charge is 0.262 e. The van der Waals surface area contributed by atoms with E-state index < -0.39 is 0 Å². The zero-order valence-electron chi connectivity index (χ0n) is 17.2. The largest absolute Gasteiger partial charge is 0.495 e. The fourth-order valence-corrected chi connectivity index (χ4v) is 2.97. The minimum absolute atomic E-state index is 0.239. The van der Waals surface area contributed by atoms with Crippen LogP contribution in [-0.4, -0.2) is 36.7 Å². The summed E-state index contributed by atoms with van der Waals surface area (Å²) < 4.78 is 16.0. The van der Waals surface area contributed by atoms with Crippen LogP contribution in [0.25, 0.3) is 11.4 Å². The van der Waals surface area contributed by atoms with Crippen molar-refractivity contribution in [1.29, 1.82) is 0 Å². The van der Waals surface area contributed by atoms with Gasteiger partial charge in [0.1, 0.15) is 11.5 Å². The number of anilines is 1. The van der Waals surface area contributed by atoms with Crippen molar-refractivity contribution in [3.63, 3.8) is 0 Å². The molecule has 3 aromatic rings. The minimum Gasteiger partial charge on any atom is -0.495 e. The number of ether oxygens (including phenoxy) is 3. The maximum atomic E-state index is 12.4. The molecule has 0 saturated heterocycles. The molecule has 0 fully saturated rings. The molecule has 0 aliphatic rings. The highest BCUT2D eigenvalue weighted by Crippen LogP contribution is 2.35. The number of carbonyl (C=O) groups excluding carboxylic acids is 1. The van der Waals surface area contributed by atoms with Crippen molar-refractivity contribution in [2.24, 2.45) is 0 Å². The summed E-state index contributed by atoms with van der Waals surface area (Å²) >= 11 is 6.14. The van der Waals surface area contributed by atoms with Crippen LogP contribution in [0.2, 0.25) is 5.02 Å². The third kappa shape index (κ3) is 5.18. The number of nitrogens with zero attached hydrogens (tertiary/aromatic N) is 2. The summed E-state index contributed by atoms with van der Waals surface area (Å²) in [5.74, 6) is 1.33. The third-order valence-corrected chi connectivity index (χ3v) is 4.54. The van der Waals surface area contributed by atoms with Crippen molar-refractivity contribution in [1.82, 2.24) is 9.97 Å². The van der Waals surface area contributed by atoms with E-state index in [9.17, 15) is 4.79 Å². The molecule has 0 unspecified atom stereocenters. The van der Waals surface area contributed by atoms with Crippen LogP contribution >= 0.6 is 11.6 Å². The normalized spacial score (nSPS) is 10.4. The van der Waals surface area contributed by atoms with Gasteiger partial charge in [-0.05, 0) is 19.9 Å². The van der Waals surface area contributed by atoms with E-state index in [4.69, 9.17) is 25.8 Å². The summed E-state index contributed by atoms with van der Waals surface area (Å²) in [4.78, 5) is 21.2. The molecule has 156 valence electrons. The average Bonchev–Trinajstić information content (AvgIpc) is 2.72. The van der Waals surface area contributed by atoms with Crippen LogP contribution in [0.15, 0.2) is 42.5 Å². The lowest BCUT2D eigenvalue weighted by Gasteiger charge is -2.13. The predicted octanol–water partition coefficient (Wildman–Crippen LogP) is 4.45. The first-order valence-corrected chi connectivity index (χ1v) is 9.54. The second-order valence-corrected chi connectivity index (χ2v) is 6.97. The van der Waals surface area contributed by atoms with Crippen molar-refractivity contribution in [3.05, 3.63) is 58.7 Å². The van der Waals surface area contributed by atoms with Crippen molar-refractivity contribution in [2.45, 2.75) is 13.8 Å². The van der Waals surface area contributed by atoms with Crippen LogP contribution in [-0.2, 0) is 4.79 Å². The Morgan fingerprint density at radius 3 is 2.37 bits per heavy atom. The molecule has 0 saturated carbocycles. The molecular weight excluding hydrogens is 406 g/mol. The van der Waals surface area contributed by atoms with E-state index in [1.54, 1.807) is 18.2 Å². The second-order valence-electron chi connectivity index (χ2n) is 6.56. The maximum Gasteiger partial charge on any atom is 0.262 e. The number of carbonyl (C=O) groups is 1. The van der Waals surface area contributed by atoms with E-state index in [1.165, 1.54) is 14.2 Å². The molecule has 0 atom stereocenters. The van der Waals surface area contributed by atoms with Gasteiger partial charge in [-0.3, -0.25) is 4.79 Å². The Hall–Kier alpha value is -3.32. The van der Waals surface area contributed by atoms with Crippen molar-refractivity contribution >= 4 is 23.2 Å². The van der Waals surface area contributed by atoms with E-state index in [-0.39, 0.29) is 12.5 Å². The highest BCUT2D eigenvalue weighted by molar-refractivity contribution is 6.32. The third-order valence-electron chi connectivity index (χ3n) is 4.24. The van der Waals surface area contributed by atoms with Gasteiger partial charge in [0.2, 0.25) is 5.88 Å². The zero-order chi connectivity index (χ0) is 21.7. The van der Waals surface area contributed by atoms with Crippen LogP contribution in [0.1, 0.15) is 11.3 Å². The standard InChI is InChI=1S/C22H22ClN3O4/c1-13-5-7-15(8-6-13)22-24-14(2)9-21(26-22)30-12-20(27)25-17-10-16(23)18(28-3)11-19(17)29-4/h5-11H,12H2,1-4H3,(H,25,27). The monoisotopic (exact) mass is 427 g/mol. The van der Waals surface area contributed by atoms with Gasteiger partial charge in [-0.1, -0.05) is 41.4 Å². The lowest BCUT2D eigenvalue weighted by atomic mass is 10.1. The fourth-order valence-electron chi connectivity index (χ4n) is 2.73. The molecule has 0 aliphatic heterocycles. The predicted molar refractivity (Wildman–Crippen MR) is 116 cm³/mol. The van der Waals surface area contributed by atoms with E-state index in [0.717, 1.165) is 16.8 Å². The number of amides is 1. The molecule has 0 radical (unpaired) electrons. The first kappa shape index (κ1) is 21.4. The summed E-state index contributed by atoms with van der Waals surface area (Å²) in [7, 11) is 2.99. The molecular formula is C22H22ClN3O4. The molecule has 1 heterocycles. The number of halogens is 1. The molecule has 0 bridgehead atoms. The van der Waals surface area contributed by atoms with E-state index >= 15 is 0 Å². The highest BCUT2D eigenvalue weighted by Gasteiger charge is 2.14. The molecule has 8 heteroatoms. The van der Waals surface area contributed by atoms with Crippen LogP contribution < -0.4 is 19.5 Å². The molecule has 1 N–H and O–H groups in total. The lowest BCUT2D eigenvalue weighted by molar-refractivity contribution is -0.118. The second kappa shape index (κ2) is 9.45. The van der Waals surface area contributed by atoms with E-state index in [2.05, 4.69) is 15.3 Å². The molecule has 1 aromatic heterocycles. The van der Waals surface area contributed by atoms with Gasteiger partial charge in [0.05, 0.1) is 24.9 Å². The number of nitrogens with one attached hydrogen (secondary N) is 1. The topological polar surface area (TPSA) is 82.6 Å². The number of methoxy groups -OCH3 is 2. The summed E-state index contributed by atoms with van der Waals surface area (Å²) in [6, 6.07) is 12.7. The van der Waals surface area contributed by atoms with Crippen LogP contribution in [0.5, 0.6) is 17.4 Å². The van der Waals surface area contributed by atoms with Gasteiger partial charge in [0, 0.05) is 23.4 Å². The first-order valence-electron chi connectivity index (χ1n) is 9.16. The zero-order valence-corrected chi connectivity index (χ0v) is 17.9. The van der Waals surface area contributed by atoms with Gasteiger partial charge in [-0.25, -0.2) is 4.98 Å². The van der Waals surface area contributed by atoms with Gasteiger partial charge in [-0.2, -0.15) is 4.98 Å². The quantitative estimate of drug-likeness (QED) is 0.599. The Morgan fingerprint density at radius 1 is 1.00 bits per heavy atom. The van der Waals surface area contributed by atoms with Gasteiger partial charge < -0.3 is 19.5 Å². The lowest BCUT2D eigenvalue weighted by Crippen LogP contribution is -2.21. The Kier molecular flexibility index (Phi) is 6.74. The SMILES string of the molecule is COc1cc(OC)c(NC(=O)COc2cc(C)nc(-c3ccc(C)cc3)n2)cc1Cl. The molecule has 0 aliphatic carbocycles. The number of hydrogen-bond donors (Lipinski definition) is 1. The maximum absolute atomic E-state index is 12.4. The molecule has 3 rings (SSSR count). The Labute approximate surface area is 180 Å². The first-order chi connectivity index (χ1) is 14.4. The van der Waals surface area contributed by atoms with Crippen molar-refractivity contribution in [3.8, 4) is 28.8 Å². The number of aryl methyl sites for hydroxylation is 2. The van der Waals surface area contributed by atoms with Crippen LogP contribution in [0.4, 0.5) is 5.69 Å². The van der Waals surface area contributed by atoms with E-state index in [1.807, 2.05) is 38.1 Å². The fraction of sp³-hybridized carbons (Fsp3) is 0.227. The van der Waals surface area contributed by atoms with Gasteiger partial charge in [0.25, 0.3) is 5.91 Å². The van der Waals surface area contributed by atoms with E-state index in [0.29, 0.717) is 33.9 Å². The number of rotatable bonds is 7.